The molecule has 1 spiro atoms. The van der Waals surface area contributed by atoms with Gasteiger partial charge in [-0.05, 0) is 97.7 Å². The first kappa shape index (κ1) is 35.3. The number of amides is 1. The second kappa shape index (κ2) is 13.8. The molecule has 1 amide bonds. The fourth-order valence-corrected chi connectivity index (χ4v) is 9.36. The van der Waals surface area contributed by atoms with Crippen LogP contribution in [0.4, 0.5) is 18.9 Å². The average molecular weight is 695 g/mol. The third-order valence-electron chi connectivity index (χ3n) is 10.2. The van der Waals surface area contributed by atoms with Crippen LogP contribution >= 0.6 is 11.6 Å². The first-order chi connectivity index (χ1) is 22.2. The Kier molecular flexibility index (Phi) is 10.4. The van der Waals surface area contributed by atoms with E-state index < -0.39 is 51.2 Å². The SMILES string of the molecule is C=CC[C@H](C)[C@@H](CC(F)(F)F)S(=O)(=O)NC(=O)c1ccc2c(c1)N(C[C@@H]1CC[C@H]1[C@@H](O)C=C)C[C@@]1(CCCc3cc(Cl)ccc31)CO2. The lowest BCUT2D eigenvalue weighted by Crippen LogP contribution is -2.49. The molecule has 1 saturated carbocycles. The van der Waals surface area contributed by atoms with Crippen LogP contribution in [0.3, 0.4) is 0 Å². The number of sulfonamides is 1. The number of rotatable bonds is 11. The second-order valence-corrected chi connectivity index (χ2v) is 15.7. The number of aryl methyl sites for hydroxylation is 1. The minimum absolute atomic E-state index is 0.0215. The number of carbonyl (C=O) groups excluding carboxylic acids is 1. The normalized spacial score (nSPS) is 24.4. The van der Waals surface area contributed by atoms with Crippen molar-refractivity contribution >= 4 is 33.2 Å². The number of halogens is 4. The minimum atomic E-state index is -4.75. The fourth-order valence-electron chi connectivity index (χ4n) is 7.51. The summed E-state index contributed by atoms with van der Waals surface area (Å²) in [6.45, 7) is 10.1. The smallest absolute Gasteiger partial charge is 0.390 e. The molecule has 0 unspecified atom stereocenters. The van der Waals surface area contributed by atoms with E-state index in [4.69, 9.17) is 16.3 Å². The molecule has 1 fully saturated rings. The number of fused-ring (bicyclic) bond motifs is 3. The molecular formula is C35H42ClF3N2O5S. The quantitative estimate of drug-likeness (QED) is 0.247. The first-order valence-electron chi connectivity index (χ1n) is 16.0. The highest BCUT2D eigenvalue weighted by atomic mass is 35.5. The van der Waals surface area contributed by atoms with E-state index in [2.05, 4.69) is 24.1 Å². The summed E-state index contributed by atoms with van der Waals surface area (Å²) in [6.07, 6.45) is 0.348. The number of hydrogen-bond donors (Lipinski definition) is 2. The van der Waals surface area contributed by atoms with E-state index in [-0.39, 0.29) is 23.8 Å². The Morgan fingerprint density at radius 1 is 1.23 bits per heavy atom. The van der Waals surface area contributed by atoms with Crippen molar-refractivity contribution in [3.63, 3.8) is 0 Å². The van der Waals surface area contributed by atoms with Crippen LogP contribution < -0.4 is 14.4 Å². The Bertz CT molecular complexity index is 1620. The van der Waals surface area contributed by atoms with Crippen molar-refractivity contribution in [1.29, 1.82) is 0 Å². The van der Waals surface area contributed by atoms with Crippen LogP contribution in [0, 0.1) is 17.8 Å². The molecule has 2 aromatic rings. The summed E-state index contributed by atoms with van der Waals surface area (Å²) in [5.41, 5.74) is 2.47. The number of hydrogen-bond acceptors (Lipinski definition) is 6. The third kappa shape index (κ3) is 7.67. The molecule has 12 heteroatoms. The van der Waals surface area contributed by atoms with Crippen molar-refractivity contribution in [2.45, 2.75) is 74.8 Å². The molecule has 2 aromatic carbocycles. The minimum Gasteiger partial charge on any atom is -0.490 e. The molecule has 2 aliphatic carbocycles. The average Bonchev–Trinajstić information content (AvgIpc) is 3.14. The molecule has 47 heavy (non-hydrogen) atoms. The Morgan fingerprint density at radius 2 is 2.00 bits per heavy atom. The number of carbonyl (C=O) groups is 1. The maximum atomic E-state index is 13.4. The van der Waals surface area contributed by atoms with Crippen molar-refractivity contribution in [2.75, 3.05) is 24.6 Å². The van der Waals surface area contributed by atoms with Crippen molar-refractivity contribution in [1.82, 2.24) is 4.72 Å². The van der Waals surface area contributed by atoms with Gasteiger partial charge in [0, 0.05) is 29.1 Å². The van der Waals surface area contributed by atoms with Gasteiger partial charge < -0.3 is 14.7 Å². The van der Waals surface area contributed by atoms with Gasteiger partial charge in [-0.1, -0.05) is 36.7 Å². The van der Waals surface area contributed by atoms with E-state index in [9.17, 15) is 31.5 Å². The zero-order valence-corrected chi connectivity index (χ0v) is 28.0. The first-order valence-corrected chi connectivity index (χ1v) is 17.9. The van der Waals surface area contributed by atoms with Crippen LogP contribution in [0.2, 0.25) is 5.02 Å². The number of allylic oxidation sites excluding steroid dienone is 1. The van der Waals surface area contributed by atoms with Crippen LogP contribution in [-0.4, -0.2) is 56.7 Å². The lowest BCUT2D eigenvalue weighted by Gasteiger charge is -2.45. The second-order valence-electron chi connectivity index (χ2n) is 13.4. The summed E-state index contributed by atoms with van der Waals surface area (Å²) in [4.78, 5) is 15.6. The van der Waals surface area contributed by atoms with Crippen LogP contribution in [0.1, 0.15) is 66.9 Å². The summed E-state index contributed by atoms with van der Waals surface area (Å²) >= 11 is 6.36. The van der Waals surface area contributed by atoms with Gasteiger partial charge in [0.2, 0.25) is 10.0 Å². The largest absolute Gasteiger partial charge is 0.490 e. The highest BCUT2D eigenvalue weighted by Crippen LogP contribution is 2.46. The number of alkyl halides is 3. The number of aliphatic hydroxyl groups is 1. The van der Waals surface area contributed by atoms with E-state index >= 15 is 0 Å². The summed E-state index contributed by atoms with van der Waals surface area (Å²) < 4.78 is 75.1. The molecule has 2 N–H and O–H groups in total. The Morgan fingerprint density at radius 3 is 2.66 bits per heavy atom. The number of anilines is 1. The number of nitrogens with one attached hydrogen (secondary N) is 1. The number of benzene rings is 2. The lowest BCUT2D eigenvalue weighted by molar-refractivity contribution is -0.136. The monoisotopic (exact) mass is 694 g/mol. The fraction of sp³-hybridized carbons (Fsp3) is 0.514. The van der Waals surface area contributed by atoms with Gasteiger partial charge in [-0.15, -0.1) is 13.2 Å². The Hall–Kier alpha value is -3.02. The molecule has 0 bridgehead atoms. The zero-order chi connectivity index (χ0) is 34.1. The Balaban J connectivity index is 1.49. The van der Waals surface area contributed by atoms with Gasteiger partial charge >= 0.3 is 6.18 Å². The molecule has 7 nitrogen and oxygen atoms in total. The molecular weight excluding hydrogens is 653 g/mol. The maximum absolute atomic E-state index is 13.4. The van der Waals surface area contributed by atoms with Crippen molar-refractivity contribution in [2.24, 2.45) is 17.8 Å². The van der Waals surface area contributed by atoms with E-state index in [0.717, 1.165) is 43.2 Å². The van der Waals surface area contributed by atoms with Crippen LogP contribution in [0.5, 0.6) is 5.75 Å². The highest BCUT2D eigenvalue weighted by Gasteiger charge is 2.45. The summed E-state index contributed by atoms with van der Waals surface area (Å²) in [5.74, 6) is -1.29. The van der Waals surface area contributed by atoms with E-state index in [1.807, 2.05) is 16.9 Å². The van der Waals surface area contributed by atoms with Gasteiger partial charge in [0.05, 0.1) is 30.1 Å². The van der Waals surface area contributed by atoms with Crippen molar-refractivity contribution < 1.29 is 36.2 Å². The van der Waals surface area contributed by atoms with Gasteiger partial charge in [0.1, 0.15) is 5.75 Å². The van der Waals surface area contributed by atoms with Crippen LogP contribution in [0.25, 0.3) is 0 Å². The highest BCUT2D eigenvalue weighted by molar-refractivity contribution is 7.90. The molecule has 5 rings (SSSR count). The van der Waals surface area contributed by atoms with Crippen molar-refractivity contribution in [3.05, 3.63) is 83.4 Å². The predicted octanol–water partition coefficient (Wildman–Crippen LogP) is 6.98. The van der Waals surface area contributed by atoms with Gasteiger partial charge in [0.25, 0.3) is 5.91 Å². The van der Waals surface area contributed by atoms with Crippen molar-refractivity contribution in [3.8, 4) is 5.75 Å². The Labute approximate surface area is 279 Å². The number of nitrogens with zero attached hydrogens (tertiary/aromatic N) is 1. The number of ether oxygens (including phenoxy) is 1. The summed E-state index contributed by atoms with van der Waals surface area (Å²) in [5, 5.41) is 9.36. The molecule has 1 aliphatic heterocycles. The predicted molar refractivity (Wildman–Crippen MR) is 177 cm³/mol. The van der Waals surface area contributed by atoms with Gasteiger partial charge in [-0.2, -0.15) is 13.2 Å². The van der Waals surface area contributed by atoms with Crippen LogP contribution in [0.15, 0.2) is 61.7 Å². The summed E-state index contributed by atoms with van der Waals surface area (Å²) in [7, 11) is -4.72. The van der Waals surface area contributed by atoms with Crippen LogP contribution in [-0.2, 0) is 21.9 Å². The standard InChI is InChI=1S/C35H42ClF3N2O5S/c1-4-7-22(3)32(18-35(37,38)39)47(44,45)40-33(43)24-10-14-31-29(17-24)41(19-25-9-12-27(25)30(42)5-2)20-34(21-46-31)15-6-8-23-16-26(36)11-13-28(23)34/h4-5,10-11,13-14,16-17,22,25,27,30,32,42H,1-2,6-9,12,15,18-21H2,3H3,(H,40,43)/t22-,25-,27+,30-,32+,34-/m0/s1. The van der Waals surface area contributed by atoms with Gasteiger partial charge in [-0.25, -0.2) is 13.1 Å². The molecule has 0 aromatic heterocycles. The molecule has 0 radical (unpaired) electrons. The molecule has 256 valence electrons. The van der Waals surface area contributed by atoms with E-state index in [0.29, 0.717) is 36.2 Å². The maximum Gasteiger partial charge on any atom is 0.390 e. The molecule has 1 heterocycles. The number of aliphatic hydroxyl groups excluding tert-OH is 1. The topological polar surface area (TPSA) is 95.9 Å². The van der Waals surface area contributed by atoms with E-state index in [1.54, 1.807) is 18.2 Å². The van der Waals surface area contributed by atoms with Gasteiger partial charge in [-0.3, -0.25) is 4.79 Å². The van der Waals surface area contributed by atoms with E-state index in [1.165, 1.54) is 19.1 Å². The third-order valence-corrected chi connectivity index (χ3v) is 12.3. The summed E-state index contributed by atoms with van der Waals surface area (Å²) in [6, 6.07) is 10.5. The molecule has 3 aliphatic rings. The molecule has 6 atom stereocenters. The molecule has 0 saturated heterocycles. The zero-order valence-electron chi connectivity index (χ0n) is 26.4. The van der Waals surface area contributed by atoms with Gasteiger partial charge in [0.15, 0.2) is 0 Å². The lowest BCUT2D eigenvalue weighted by atomic mass is 9.68.